The number of allylic oxidation sites excluding steroid dienone is 2. The second-order valence-corrected chi connectivity index (χ2v) is 8.85. The summed E-state index contributed by atoms with van der Waals surface area (Å²) in [6.45, 7) is 6.91. The fourth-order valence-electron chi connectivity index (χ4n) is 4.29. The van der Waals surface area contributed by atoms with Crippen molar-refractivity contribution >= 4 is 34.4 Å². The number of aryl methyl sites for hydroxylation is 1. The van der Waals surface area contributed by atoms with E-state index >= 15 is 0 Å². The molecule has 0 spiro atoms. The third-order valence-electron chi connectivity index (χ3n) is 6.27. The van der Waals surface area contributed by atoms with Crippen LogP contribution in [0.5, 0.6) is 6.01 Å². The summed E-state index contributed by atoms with van der Waals surface area (Å²) in [6, 6.07) is 8.46. The maximum Gasteiger partial charge on any atom is 0.331 e. The summed E-state index contributed by atoms with van der Waals surface area (Å²) in [7, 11) is 0. The molecule has 1 unspecified atom stereocenters. The number of carboxylic acids is 1. The van der Waals surface area contributed by atoms with Crippen LogP contribution in [0.15, 0.2) is 47.6 Å². The summed E-state index contributed by atoms with van der Waals surface area (Å²) in [5.74, 6) is -0.936. The smallest absolute Gasteiger partial charge is 0.331 e. The molecule has 2 aromatic heterocycles. The molecule has 2 N–H and O–H groups in total. The maximum atomic E-state index is 11.5. The predicted octanol–water partition coefficient (Wildman–Crippen LogP) is 4.53. The van der Waals surface area contributed by atoms with Crippen molar-refractivity contribution in [2.24, 2.45) is 0 Å². The van der Waals surface area contributed by atoms with E-state index in [0.29, 0.717) is 27.5 Å². The number of carboxylic acid groups (broad SMARTS) is 1. The molecule has 0 bridgehead atoms. The Morgan fingerprint density at radius 3 is 2.65 bits per heavy atom. The second-order valence-electron chi connectivity index (χ2n) is 8.47. The molecule has 1 atom stereocenters. The summed E-state index contributed by atoms with van der Waals surface area (Å²) >= 11 is 6.71. The number of aliphatic carboxylic acids is 1. The molecule has 5 rings (SSSR count). The van der Waals surface area contributed by atoms with Gasteiger partial charge in [-0.3, -0.25) is 0 Å². The summed E-state index contributed by atoms with van der Waals surface area (Å²) in [6.07, 6.45) is 3.43. The molecular weight excluding hydrogens is 456 g/mol. The number of nitrogens with zero attached hydrogens (tertiary/aromatic N) is 3. The summed E-state index contributed by atoms with van der Waals surface area (Å²) in [4.78, 5) is 26.1. The van der Waals surface area contributed by atoms with Crippen LogP contribution >= 0.6 is 11.6 Å². The number of aromatic nitrogens is 3. The fraction of sp³-hybridized carbons (Fsp3) is 0.320. The lowest BCUT2D eigenvalue weighted by molar-refractivity contribution is -0.133. The minimum absolute atomic E-state index is 0.266. The van der Waals surface area contributed by atoms with E-state index in [1.807, 2.05) is 25.1 Å². The Morgan fingerprint density at radius 2 is 1.94 bits per heavy atom. The number of hydrogen-bond acceptors (Lipinski definition) is 6. The molecule has 1 saturated heterocycles. The fourth-order valence-corrected chi connectivity index (χ4v) is 4.53. The number of nitrogens with one attached hydrogen (secondary N) is 1. The molecule has 1 fully saturated rings. The highest BCUT2D eigenvalue weighted by molar-refractivity contribution is 6.34. The summed E-state index contributed by atoms with van der Waals surface area (Å²) in [5, 5.41) is 9.95. The van der Waals surface area contributed by atoms with Crippen LogP contribution in [0.2, 0.25) is 5.02 Å². The Labute approximate surface area is 201 Å². The van der Waals surface area contributed by atoms with Crippen LogP contribution in [0.25, 0.3) is 22.4 Å². The molecule has 2 aliphatic rings. The number of anilines is 1. The van der Waals surface area contributed by atoms with E-state index in [2.05, 4.69) is 27.0 Å². The van der Waals surface area contributed by atoms with Crippen LogP contribution in [0, 0.1) is 6.92 Å². The van der Waals surface area contributed by atoms with E-state index in [4.69, 9.17) is 26.1 Å². The minimum atomic E-state index is -0.936. The molecule has 3 heterocycles. The number of imidazole rings is 1. The number of H-pyrrole nitrogens is 1. The molecule has 34 heavy (non-hydrogen) atoms. The monoisotopic (exact) mass is 480 g/mol. The lowest BCUT2D eigenvalue weighted by Gasteiger charge is -2.28. The van der Waals surface area contributed by atoms with E-state index in [9.17, 15) is 9.90 Å². The van der Waals surface area contributed by atoms with Gasteiger partial charge in [-0.1, -0.05) is 29.8 Å². The molecule has 1 aliphatic carbocycles. The van der Waals surface area contributed by atoms with Crippen molar-refractivity contribution in [2.45, 2.75) is 26.4 Å². The Bertz CT molecular complexity index is 1310. The molecule has 0 saturated carbocycles. The van der Waals surface area contributed by atoms with E-state index in [-0.39, 0.29) is 12.4 Å². The number of rotatable bonds is 5. The number of aromatic amines is 1. The molecule has 3 aromatic rings. The zero-order chi connectivity index (χ0) is 23.8. The first-order chi connectivity index (χ1) is 16.4. The zero-order valence-electron chi connectivity index (χ0n) is 19.0. The zero-order valence-corrected chi connectivity index (χ0v) is 19.7. The number of fused-ring (bicyclic) bond motifs is 1. The first kappa shape index (κ1) is 22.4. The van der Waals surface area contributed by atoms with Crippen LogP contribution in [0.4, 0.5) is 5.69 Å². The van der Waals surface area contributed by atoms with E-state index in [1.54, 1.807) is 13.0 Å². The van der Waals surface area contributed by atoms with E-state index in [1.165, 1.54) is 0 Å². The average molecular weight is 481 g/mol. The first-order valence-corrected chi connectivity index (χ1v) is 11.6. The van der Waals surface area contributed by atoms with Gasteiger partial charge in [0.05, 0.1) is 29.4 Å². The van der Waals surface area contributed by atoms with Gasteiger partial charge in [-0.15, -0.1) is 0 Å². The van der Waals surface area contributed by atoms with Crippen LogP contribution in [0.3, 0.4) is 0 Å². The topological polar surface area (TPSA) is 101 Å². The summed E-state index contributed by atoms with van der Waals surface area (Å²) in [5.41, 5.74) is 5.77. The molecule has 8 nitrogen and oxygen atoms in total. The van der Waals surface area contributed by atoms with Gasteiger partial charge in [0, 0.05) is 36.3 Å². The number of ether oxygens (including phenoxy) is 2. The van der Waals surface area contributed by atoms with E-state index < -0.39 is 12.1 Å². The number of morpholine rings is 1. The summed E-state index contributed by atoms with van der Waals surface area (Å²) < 4.78 is 11.4. The second kappa shape index (κ2) is 9.12. The normalized spacial score (nSPS) is 18.6. The standard InChI is InChI=1S/C25H25ClN4O4/c1-14-3-8-18(13-19(14)24(31)32)34-25-28-21-15(2)20(26)22(27-23(21)29-25)16-4-6-17(7-5-16)30-9-11-33-12-10-30/h3-8,18H,9-13H2,1-2H3,(H,31,32)(H,27,28,29). The molecule has 9 heteroatoms. The molecule has 176 valence electrons. The van der Waals surface area contributed by atoms with Crippen molar-refractivity contribution in [3.8, 4) is 17.3 Å². The van der Waals surface area contributed by atoms with Gasteiger partial charge in [0.15, 0.2) is 5.65 Å². The molecular formula is C25H25ClN4O4. The molecule has 1 aliphatic heterocycles. The van der Waals surface area contributed by atoms with Crippen molar-refractivity contribution in [1.82, 2.24) is 15.0 Å². The largest absolute Gasteiger partial charge is 0.478 e. The van der Waals surface area contributed by atoms with Crippen molar-refractivity contribution < 1.29 is 19.4 Å². The molecule has 0 amide bonds. The number of carbonyl (C=O) groups is 1. The van der Waals surface area contributed by atoms with E-state index in [0.717, 1.165) is 48.7 Å². The highest BCUT2D eigenvalue weighted by Crippen LogP contribution is 2.34. The lowest BCUT2D eigenvalue weighted by Crippen LogP contribution is -2.36. The number of pyridine rings is 1. The highest BCUT2D eigenvalue weighted by atomic mass is 35.5. The first-order valence-electron chi connectivity index (χ1n) is 11.2. The third kappa shape index (κ3) is 4.26. The Kier molecular flexibility index (Phi) is 6.02. The average Bonchev–Trinajstić information content (AvgIpc) is 3.26. The van der Waals surface area contributed by atoms with Crippen molar-refractivity contribution in [1.29, 1.82) is 0 Å². The van der Waals surface area contributed by atoms with Gasteiger partial charge in [-0.2, -0.15) is 4.98 Å². The molecule has 1 aromatic carbocycles. The Hall–Kier alpha value is -3.36. The highest BCUT2D eigenvalue weighted by Gasteiger charge is 2.23. The van der Waals surface area contributed by atoms with Crippen LogP contribution < -0.4 is 9.64 Å². The SMILES string of the molecule is CC1=C(C(=O)O)CC(Oc2nc3nc(-c4ccc(N5CCOCC5)cc4)c(Cl)c(C)c3[nH]2)C=C1. The Balaban J connectivity index is 1.40. The quantitative estimate of drug-likeness (QED) is 0.553. The molecule has 0 radical (unpaired) electrons. The van der Waals surface area contributed by atoms with Gasteiger partial charge < -0.3 is 24.5 Å². The van der Waals surface area contributed by atoms with Crippen molar-refractivity contribution in [2.75, 3.05) is 31.2 Å². The van der Waals surface area contributed by atoms with Gasteiger partial charge in [-0.05, 0) is 43.2 Å². The van der Waals surface area contributed by atoms with Gasteiger partial charge >= 0.3 is 5.97 Å². The van der Waals surface area contributed by atoms with Gasteiger partial charge in [-0.25, -0.2) is 9.78 Å². The Morgan fingerprint density at radius 1 is 1.21 bits per heavy atom. The maximum absolute atomic E-state index is 11.5. The lowest BCUT2D eigenvalue weighted by atomic mass is 9.97. The number of benzene rings is 1. The van der Waals surface area contributed by atoms with Crippen molar-refractivity contribution in [3.63, 3.8) is 0 Å². The third-order valence-corrected chi connectivity index (χ3v) is 6.74. The number of hydrogen-bond donors (Lipinski definition) is 2. The van der Waals surface area contributed by atoms with Gasteiger partial charge in [0.1, 0.15) is 6.10 Å². The van der Waals surface area contributed by atoms with Gasteiger partial charge in [0.25, 0.3) is 6.01 Å². The van der Waals surface area contributed by atoms with Crippen LogP contribution in [0.1, 0.15) is 18.9 Å². The van der Waals surface area contributed by atoms with Gasteiger partial charge in [0.2, 0.25) is 0 Å². The van der Waals surface area contributed by atoms with Crippen molar-refractivity contribution in [3.05, 3.63) is 58.1 Å². The van der Waals surface area contributed by atoms with Crippen LogP contribution in [-0.4, -0.2) is 58.4 Å². The predicted molar refractivity (Wildman–Crippen MR) is 131 cm³/mol. The minimum Gasteiger partial charge on any atom is -0.478 e. The van der Waals surface area contributed by atoms with Crippen LogP contribution in [-0.2, 0) is 9.53 Å². The number of halogens is 1.